The van der Waals surface area contributed by atoms with Gasteiger partial charge in [0.25, 0.3) is 0 Å². The van der Waals surface area contributed by atoms with Gasteiger partial charge in [-0.05, 0) is 57.9 Å². The molecule has 0 aliphatic heterocycles. The summed E-state index contributed by atoms with van der Waals surface area (Å²) in [5, 5.41) is 0. The summed E-state index contributed by atoms with van der Waals surface area (Å²) in [7, 11) is 0. The van der Waals surface area contributed by atoms with Gasteiger partial charge in [-0.1, -0.05) is 6.07 Å². The van der Waals surface area contributed by atoms with Crippen LogP contribution in [0.5, 0.6) is 0 Å². The maximum absolute atomic E-state index is 13.6. The van der Waals surface area contributed by atoms with Crippen LogP contribution in [0.15, 0.2) is 18.2 Å². The molecule has 27 heavy (non-hydrogen) atoms. The van der Waals surface area contributed by atoms with Crippen molar-refractivity contribution in [3.8, 4) is 0 Å². The molecule has 7 heteroatoms. The van der Waals surface area contributed by atoms with Crippen molar-refractivity contribution in [2.75, 3.05) is 6.61 Å². The van der Waals surface area contributed by atoms with Crippen LogP contribution in [0.25, 0.3) is 0 Å². The fourth-order valence-electron chi connectivity index (χ4n) is 2.71. The average molecular weight is 375 g/mol. The minimum Gasteiger partial charge on any atom is -0.462 e. The Morgan fingerprint density at radius 2 is 1.81 bits per heavy atom. The first-order valence-corrected chi connectivity index (χ1v) is 8.55. The normalized spacial score (nSPS) is 11.8. The van der Waals surface area contributed by atoms with Crippen LogP contribution < -0.4 is 0 Å². The second kappa shape index (κ2) is 8.16. The SMILES string of the molecule is CCOC(=O)c1c(C)[nH]c(C(=O)C(C)OC(=O)c2ccc(C)c(F)c2)c1C. The number of H-pyrrole nitrogens is 1. The van der Waals surface area contributed by atoms with Gasteiger partial charge in [-0.3, -0.25) is 4.79 Å². The maximum atomic E-state index is 13.6. The number of aromatic amines is 1. The zero-order valence-corrected chi connectivity index (χ0v) is 15.9. The highest BCUT2D eigenvalue weighted by Crippen LogP contribution is 2.21. The predicted molar refractivity (Wildman–Crippen MR) is 96.6 cm³/mol. The van der Waals surface area contributed by atoms with Crippen molar-refractivity contribution in [3.05, 3.63) is 57.7 Å². The van der Waals surface area contributed by atoms with Crippen molar-refractivity contribution in [1.29, 1.82) is 0 Å². The third kappa shape index (κ3) is 4.24. The lowest BCUT2D eigenvalue weighted by Crippen LogP contribution is -2.25. The number of rotatable bonds is 6. The lowest BCUT2D eigenvalue weighted by molar-refractivity contribution is 0.0316. The van der Waals surface area contributed by atoms with Crippen LogP contribution in [-0.2, 0) is 9.47 Å². The average Bonchev–Trinajstić information content (AvgIpc) is 2.91. The first-order chi connectivity index (χ1) is 12.7. The van der Waals surface area contributed by atoms with E-state index in [9.17, 15) is 18.8 Å². The minimum absolute atomic E-state index is 0.0179. The van der Waals surface area contributed by atoms with E-state index in [2.05, 4.69) is 4.98 Å². The van der Waals surface area contributed by atoms with E-state index < -0.39 is 29.6 Å². The summed E-state index contributed by atoms with van der Waals surface area (Å²) in [5.74, 6) is -2.35. The molecule has 0 saturated heterocycles. The first kappa shape index (κ1) is 20.4. The zero-order valence-electron chi connectivity index (χ0n) is 15.9. The summed E-state index contributed by atoms with van der Waals surface area (Å²) in [4.78, 5) is 39.7. The molecule has 0 spiro atoms. The highest BCUT2D eigenvalue weighted by molar-refractivity contribution is 6.04. The van der Waals surface area contributed by atoms with Crippen LogP contribution in [0.3, 0.4) is 0 Å². The van der Waals surface area contributed by atoms with Gasteiger partial charge >= 0.3 is 11.9 Å². The van der Waals surface area contributed by atoms with E-state index in [1.807, 2.05) is 0 Å². The Kier molecular flexibility index (Phi) is 6.15. The predicted octanol–water partition coefficient (Wildman–Crippen LogP) is 3.68. The first-order valence-electron chi connectivity index (χ1n) is 8.55. The lowest BCUT2D eigenvalue weighted by atomic mass is 10.1. The smallest absolute Gasteiger partial charge is 0.340 e. The molecule has 6 nitrogen and oxygen atoms in total. The highest BCUT2D eigenvalue weighted by atomic mass is 19.1. The standard InChI is InChI=1S/C20H22FNO5/c1-6-26-20(25)16-11(3)17(22-12(16)4)18(23)13(5)27-19(24)14-8-7-10(2)15(21)9-14/h7-9,13,22H,6H2,1-5H3. The molecule has 0 bridgehead atoms. The van der Waals surface area contributed by atoms with Gasteiger partial charge in [0.2, 0.25) is 5.78 Å². The van der Waals surface area contributed by atoms with Gasteiger partial charge in [-0.25, -0.2) is 14.0 Å². The number of hydrogen-bond acceptors (Lipinski definition) is 5. The summed E-state index contributed by atoms with van der Waals surface area (Å²) in [6, 6.07) is 3.96. The third-order valence-electron chi connectivity index (χ3n) is 4.22. The molecule has 0 amide bonds. The molecule has 0 saturated carbocycles. The van der Waals surface area contributed by atoms with Crippen molar-refractivity contribution >= 4 is 17.7 Å². The molecular formula is C20H22FNO5. The molecule has 0 aliphatic carbocycles. The van der Waals surface area contributed by atoms with Gasteiger partial charge in [0.1, 0.15) is 5.82 Å². The molecule has 1 heterocycles. The van der Waals surface area contributed by atoms with Crippen molar-refractivity contribution in [3.63, 3.8) is 0 Å². The number of ketones is 1. The fraction of sp³-hybridized carbons (Fsp3) is 0.350. The van der Waals surface area contributed by atoms with Gasteiger partial charge in [0, 0.05) is 5.69 Å². The van der Waals surface area contributed by atoms with Crippen LogP contribution in [-0.4, -0.2) is 35.4 Å². The Morgan fingerprint density at radius 3 is 2.41 bits per heavy atom. The number of Topliss-reactive ketones (excluding diaryl/α,β-unsaturated/α-hetero) is 1. The number of carbonyl (C=O) groups excluding carboxylic acids is 3. The maximum Gasteiger partial charge on any atom is 0.340 e. The summed E-state index contributed by atoms with van der Waals surface area (Å²) in [6.45, 7) is 8.18. The largest absolute Gasteiger partial charge is 0.462 e. The molecular weight excluding hydrogens is 353 g/mol. The number of aromatic nitrogens is 1. The van der Waals surface area contributed by atoms with Gasteiger partial charge in [-0.15, -0.1) is 0 Å². The molecule has 1 atom stereocenters. The Morgan fingerprint density at radius 1 is 1.15 bits per heavy atom. The number of halogens is 1. The molecule has 1 unspecified atom stereocenters. The van der Waals surface area contributed by atoms with Crippen LogP contribution in [0, 0.1) is 26.6 Å². The van der Waals surface area contributed by atoms with E-state index in [1.165, 1.54) is 19.1 Å². The van der Waals surface area contributed by atoms with Crippen molar-refractivity contribution in [1.82, 2.24) is 4.98 Å². The number of carbonyl (C=O) groups is 3. The Balaban J connectivity index is 2.20. The Bertz CT molecular complexity index is 900. The Labute approximate surface area is 156 Å². The second-order valence-electron chi connectivity index (χ2n) is 6.22. The van der Waals surface area contributed by atoms with E-state index in [1.54, 1.807) is 27.7 Å². The lowest BCUT2D eigenvalue weighted by Gasteiger charge is -2.12. The summed E-state index contributed by atoms with van der Waals surface area (Å²) in [5.41, 5.74) is 1.81. The van der Waals surface area contributed by atoms with Crippen molar-refractivity contribution < 1.29 is 28.2 Å². The monoisotopic (exact) mass is 375 g/mol. The molecule has 2 rings (SSSR count). The van der Waals surface area contributed by atoms with Crippen LogP contribution >= 0.6 is 0 Å². The topological polar surface area (TPSA) is 85.5 Å². The summed E-state index contributed by atoms with van der Waals surface area (Å²) < 4.78 is 23.8. The molecule has 1 N–H and O–H groups in total. The number of nitrogens with one attached hydrogen (secondary N) is 1. The quantitative estimate of drug-likeness (QED) is 0.615. The molecule has 144 valence electrons. The summed E-state index contributed by atoms with van der Waals surface area (Å²) in [6.07, 6.45) is -1.12. The van der Waals surface area contributed by atoms with Crippen LogP contribution in [0.2, 0.25) is 0 Å². The second-order valence-corrected chi connectivity index (χ2v) is 6.22. The van der Waals surface area contributed by atoms with E-state index in [0.717, 1.165) is 6.07 Å². The molecule has 1 aromatic carbocycles. The van der Waals surface area contributed by atoms with E-state index in [4.69, 9.17) is 9.47 Å². The summed E-state index contributed by atoms with van der Waals surface area (Å²) >= 11 is 0. The molecule has 2 aromatic rings. The van der Waals surface area contributed by atoms with Gasteiger partial charge in [0.15, 0.2) is 6.10 Å². The van der Waals surface area contributed by atoms with Gasteiger partial charge in [-0.2, -0.15) is 0 Å². The number of esters is 2. The van der Waals surface area contributed by atoms with Crippen LogP contribution in [0.1, 0.15) is 61.9 Å². The molecule has 0 aliphatic rings. The fourth-order valence-corrected chi connectivity index (χ4v) is 2.71. The van der Waals surface area contributed by atoms with Gasteiger partial charge in [0.05, 0.1) is 23.4 Å². The van der Waals surface area contributed by atoms with Gasteiger partial charge < -0.3 is 14.5 Å². The molecule has 0 radical (unpaired) electrons. The highest BCUT2D eigenvalue weighted by Gasteiger charge is 2.27. The number of benzene rings is 1. The van der Waals surface area contributed by atoms with Crippen molar-refractivity contribution in [2.24, 2.45) is 0 Å². The minimum atomic E-state index is -1.12. The van der Waals surface area contributed by atoms with E-state index >= 15 is 0 Å². The third-order valence-corrected chi connectivity index (χ3v) is 4.22. The van der Waals surface area contributed by atoms with Crippen LogP contribution in [0.4, 0.5) is 4.39 Å². The number of hydrogen-bond donors (Lipinski definition) is 1. The number of ether oxygens (including phenoxy) is 2. The molecule has 0 fully saturated rings. The van der Waals surface area contributed by atoms with Crippen molar-refractivity contribution in [2.45, 2.75) is 40.7 Å². The van der Waals surface area contributed by atoms with E-state index in [-0.39, 0.29) is 17.9 Å². The number of aryl methyl sites for hydroxylation is 2. The Hall–Kier alpha value is -2.96. The van der Waals surface area contributed by atoms with E-state index in [0.29, 0.717) is 22.4 Å². The zero-order chi connectivity index (χ0) is 20.3. The molecule has 1 aromatic heterocycles.